The second kappa shape index (κ2) is 5.47. The third-order valence-corrected chi connectivity index (χ3v) is 3.39. The van der Waals surface area contributed by atoms with E-state index in [0.29, 0.717) is 33.2 Å². The average Bonchev–Trinajstić information content (AvgIpc) is 2.93. The number of halogens is 2. The Morgan fingerprint density at radius 3 is 2.52 bits per heavy atom. The molecule has 21 heavy (non-hydrogen) atoms. The van der Waals surface area contributed by atoms with Crippen molar-refractivity contribution < 1.29 is 13.9 Å². The van der Waals surface area contributed by atoms with Crippen LogP contribution in [0.3, 0.4) is 0 Å². The Morgan fingerprint density at radius 1 is 1.19 bits per heavy atom. The second-order valence-electron chi connectivity index (χ2n) is 4.40. The van der Waals surface area contributed by atoms with Crippen molar-refractivity contribution in [2.24, 2.45) is 0 Å². The van der Waals surface area contributed by atoms with E-state index in [1.807, 2.05) is 0 Å². The van der Waals surface area contributed by atoms with Crippen LogP contribution in [0, 0.1) is 17.1 Å². The molecule has 0 atom stereocenters. The molecule has 0 fully saturated rings. The number of benzene rings is 2. The lowest BCUT2D eigenvalue weighted by atomic mass is 10.0. The van der Waals surface area contributed by atoms with E-state index in [-0.39, 0.29) is 12.6 Å². The van der Waals surface area contributed by atoms with Gasteiger partial charge in [0.15, 0.2) is 11.5 Å². The largest absolute Gasteiger partial charge is 0.454 e. The number of nitriles is 1. The molecule has 2 aromatic rings. The molecule has 0 bridgehead atoms. The fourth-order valence-corrected chi connectivity index (χ4v) is 2.22. The number of rotatable bonds is 2. The molecule has 0 radical (unpaired) electrons. The van der Waals surface area contributed by atoms with Gasteiger partial charge in [-0.1, -0.05) is 23.7 Å². The first-order chi connectivity index (χ1) is 10.2. The molecule has 0 amide bonds. The maximum atomic E-state index is 12.9. The summed E-state index contributed by atoms with van der Waals surface area (Å²) >= 11 is 6.17. The van der Waals surface area contributed by atoms with E-state index in [9.17, 15) is 9.65 Å². The van der Waals surface area contributed by atoms with Crippen LogP contribution in [0.2, 0.25) is 5.02 Å². The van der Waals surface area contributed by atoms with Crippen molar-refractivity contribution in [2.75, 3.05) is 6.79 Å². The molecule has 5 heteroatoms. The van der Waals surface area contributed by atoms with E-state index in [1.54, 1.807) is 30.3 Å². The summed E-state index contributed by atoms with van der Waals surface area (Å²) in [6.45, 7) is 0.155. The van der Waals surface area contributed by atoms with Gasteiger partial charge in [-0.05, 0) is 35.4 Å². The molecule has 0 saturated carbocycles. The summed E-state index contributed by atoms with van der Waals surface area (Å²) in [4.78, 5) is 0. The van der Waals surface area contributed by atoms with Gasteiger partial charge < -0.3 is 9.47 Å². The van der Waals surface area contributed by atoms with E-state index in [0.717, 1.165) is 0 Å². The highest BCUT2D eigenvalue weighted by Gasteiger charge is 2.16. The summed E-state index contributed by atoms with van der Waals surface area (Å²) in [5.41, 5.74) is 1.64. The number of ether oxygens (including phenoxy) is 2. The molecule has 3 rings (SSSR count). The van der Waals surface area contributed by atoms with Crippen LogP contribution >= 0.6 is 11.6 Å². The standard InChI is InChI=1S/C16H9ClFNO2/c17-14-7-16-15(20-9-21-16)6-11(14)5-12(8-19)10-1-3-13(18)4-2-10/h1-7H,9H2/b12-5-. The van der Waals surface area contributed by atoms with Crippen LogP contribution < -0.4 is 9.47 Å². The second-order valence-corrected chi connectivity index (χ2v) is 4.81. The molecule has 3 nitrogen and oxygen atoms in total. The summed E-state index contributed by atoms with van der Waals surface area (Å²) in [5, 5.41) is 9.74. The average molecular weight is 302 g/mol. The molecule has 0 unspecified atom stereocenters. The Hall–Kier alpha value is -2.51. The summed E-state index contributed by atoms with van der Waals surface area (Å²) in [5.74, 6) is 0.816. The van der Waals surface area contributed by atoms with Gasteiger partial charge in [0.1, 0.15) is 5.82 Å². The Morgan fingerprint density at radius 2 is 1.86 bits per heavy atom. The molecule has 0 spiro atoms. The zero-order valence-electron chi connectivity index (χ0n) is 10.8. The lowest BCUT2D eigenvalue weighted by molar-refractivity contribution is 0.174. The normalized spacial score (nSPS) is 13.1. The zero-order chi connectivity index (χ0) is 14.8. The van der Waals surface area contributed by atoms with Crippen LogP contribution in [0.15, 0.2) is 36.4 Å². The van der Waals surface area contributed by atoms with Gasteiger partial charge in [-0.2, -0.15) is 5.26 Å². The third kappa shape index (κ3) is 2.69. The summed E-state index contributed by atoms with van der Waals surface area (Å²) in [6.07, 6.45) is 1.64. The highest BCUT2D eigenvalue weighted by atomic mass is 35.5. The molecule has 0 N–H and O–H groups in total. The van der Waals surface area contributed by atoms with Crippen LogP contribution in [-0.2, 0) is 0 Å². The van der Waals surface area contributed by atoms with E-state index in [4.69, 9.17) is 21.1 Å². The quantitative estimate of drug-likeness (QED) is 0.614. The maximum Gasteiger partial charge on any atom is 0.231 e. The first kappa shape index (κ1) is 13.5. The Labute approximate surface area is 125 Å². The lowest BCUT2D eigenvalue weighted by Crippen LogP contribution is -1.92. The number of fused-ring (bicyclic) bond motifs is 1. The van der Waals surface area contributed by atoms with Crippen molar-refractivity contribution >= 4 is 23.3 Å². The molecule has 0 saturated heterocycles. The van der Waals surface area contributed by atoms with Crippen molar-refractivity contribution in [3.8, 4) is 17.6 Å². The number of nitrogens with zero attached hydrogens (tertiary/aromatic N) is 1. The van der Waals surface area contributed by atoms with Gasteiger partial charge in [0.2, 0.25) is 6.79 Å². The number of hydrogen-bond donors (Lipinski definition) is 0. The molecule has 104 valence electrons. The molecule has 0 aliphatic carbocycles. The summed E-state index contributed by atoms with van der Waals surface area (Å²) in [6, 6.07) is 11.2. The van der Waals surface area contributed by atoms with E-state index >= 15 is 0 Å². The first-order valence-electron chi connectivity index (χ1n) is 6.14. The monoisotopic (exact) mass is 301 g/mol. The van der Waals surface area contributed by atoms with Gasteiger partial charge in [0.25, 0.3) is 0 Å². The van der Waals surface area contributed by atoms with E-state index in [2.05, 4.69) is 6.07 Å². The fourth-order valence-electron chi connectivity index (χ4n) is 2.01. The van der Waals surface area contributed by atoms with Crippen LogP contribution in [0.1, 0.15) is 11.1 Å². The Bertz CT molecular complexity index is 763. The van der Waals surface area contributed by atoms with Crippen molar-refractivity contribution in [1.82, 2.24) is 0 Å². The summed E-state index contributed by atoms with van der Waals surface area (Å²) < 4.78 is 23.5. The van der Waals surface area contributed by atoms with Crippen LogP contribution in [0.25, 0.3) is 11.6 Å². The molecule has 1 heterocycles. The van der Waals surface area contributed by atoms with Gasteiger partial charge in [-0.15, -0.1) is 0 Å². The Balaban J connectivity index is 2.03. The van der Waals surface area contributed by atoms with Crippen LogP contribution in [-0.4, -0.2) is 6.79 Å². The maximum absolute atomic E-state index is 12.9. The predicted molar refractivity (Wildman–Crippen MR) is 77.5 cm³/mol. The SMILES string of the molecule is N#C/C(=C/c1cc2c(cc1Cl)OCO2)c1ccc(F)cc1. The van der Waals surface area contributed by atoms with Gasteiger partial charge >= 0.3 is 0 Å². The van der Waals surface area contributed by atoms with Crippen molar-refractivity contribution in [3.63, 3.8) is 0 Å². The fraction of sp³-hybridized carbons (Fsp3) is 0.0625. The lowest BCUT2D eigenvalue weighted by Gasteiger charge is -2.04. The predicted octanol–water partition coefficient (Wildman–Crippen LogP) is 4.27. The minimum absolute atomic E-state index is 0.155. The third-order valence-electron chi connectivity index (χ3n) is 3.07. The first-order valence-corrected chi connectivity index (χ1v) is 6.52. The Kier molecular flexibility index (Phi) is 3.51. The molecule has 2 aromatic carbocycles. The van der Waals surface area contributed by atoms with Crippen LogP contribution in [0.4, 0.5) is 4.39 Å². The molecule has 0 aromatic heterocycles. The van der Waals surface area contributed by atoms with E-state index in [1.165, 1.54) is 12.1 Å². The molecule has 1 aliphatic heterocycles. The van der Waals surface area contributed by atoms with Crippen LogP contribution in [0.5, 0.6) is 11.5 Å². The van der Waals surface area contributed by atoms with Crippen molar-refractivity contribution in [1.29, 1.82) is 5.26 Å². The van der Waals surface area contributed by atoms with Crippen molar-refractivity contribution in [2.45, 2.75) is 0 Å². The van der Waals surface area contributed by atoms with Crippen molar-refractivity contribution in [3.05, 3.63) is 58.4 Å². The summed E-state index contributed by atoms with van der Waals surface area (Å²) in [7, 11) is 0. The molecule has 1 aliphatic rings. The number of allylic oxidation sites excluding steroid dienone is 1. The smallest absolute Gasteiger partial charge is 0.231 e. The minimum Gasteiger partial charge on any atom is -0.454 e. The van der Waals surface area contributed by atoms with E-state index < -0.39 is 0 Å². The topological polar surface area (TPSA) is 42.2 Å². The highest BCUT2D eigenvalue weighted by Crippen LogP contribution is 2.38. The highest BCUT2D eigenvalue weighted by molar-refractivity contribution is 6.32. The minimum atomic E-state index is -0.350. The van der Waals surface area contributed by atoms with Gasteiger partial charge in [0.05, 0.1) is 16.7 Å². The zero-order valence-corrected chi connectivity index (χ0v) is 11.5. The molecular weight excluding hydrogens is 293 g/mol. The van der Waals surface area contributed by atoms with Gasteiger partial charge in [-0.25, -0.2) is 4.39 Å². The van der Waals surface area contributed by atoms with Gasteiger partial charge in [-0.3, -0.25) is 0 Å². The van der Waals surface area contributed by atoms with Gasteiger partial charge in [0, 0.05) is 6.07 Å². The molecular formula is C16H9ClFNO2. The number of hydrogen-bond acceptors (Lipinski definition) is 3.